The topological polar surface area (TPSA) is 38.0 Å². The monoisotopic (exact) mass is 130 g/mol. The highest BCUT2D eigenvalue weighted by atomic mass is 15.0. The van der Waals surface area contributed by atoms with E-state index >= 15 is 0 Å². The van der Waals surface area contributed by atoms with Crippen molar-refractivity contribution in [3.05, 3.63) is 0 Å². The molecule has 0 radical (unpaired) electrons. The fourth-order valence-electron chi connectivity index (χ4n) is 0.802. The predicted octanol–water partition coefficient (Wildman–Crippen LogP) is 0.581. The number of rotatable bonds is 1. The van der Waals surface area contributed by atoms with Crippen molar-refractivity contribution >= 4 is 0 Å². The molecule has 0 bridgehead atoms. The van der Waals surface area contributed by atoms with Crippen molar-refractivity contribution in [2.45, 2.75) is 20.3 Å². The molecule has 2 heteroatoms. The molecule has 3 N–H and O–H groups in total. The number of hydrogen-bond donors (Lipinski definition) is 2. The van der Waals surface area contributed by atoms with Crippen molar-refractivity contribution in [3.8, 4) is 0 Å². The van der Waals surface area contributed by atoms with Crippen LogP contribution in [0.3, 0.4) is 0 Å². The summed E-state index contributed by atoms with van der Waals surface area (Å²) in [7, 11) is 1.50. The Labute approximate surface area is 57.8 Å². The van der Waals surface area contributed by atoms with Crippen molar-refractivity contribution in [1.82, 2.24) is 5.32 Å². The Morgan fingerprint density at radius 2 is 1.89 bits per heavy atom. The Bertz CT molecular complexity index is 61.8. The van der Waals surface area contributed by atoms with Gasteiger partial charge in [0.1, 0.15) is 0 Å². The Morgan fingerprint density at radius 1 is 1.44 bits per heavy atom. The van der Waals surface area contributed by atoms with Crippen LogP contribution < -0.4 is 11.1 Å². The molecule has 1 heterocycles. The molecule has 0 aromatic carbocycles. The molecule has 2 nitrogen and oxygen atoms in total. The van der Waals surface area contributed by atoms with Crippen molar-refractivity contribution in [2.24, 2.45) is 11.1 Å². The molecular weight excluding hydrogens is 112 g/mol. The van der Waals surface area contributed by atoms with E-state index in [4.69, 9.17) is 0 Å². The quantitative estimate of drug-likeness (QED) is 0.545. The lowest BCUT2D eigenvalue weighted by Crippen LogP contribution is -2.50. The number of nitrogens with one attached hydrogen (secondary N) is 1. The van der Waals surface area contributed by atoms with Gasteiger partial charge in [-0.2, -0.15) is 0 Å². The van der Waals surface area contributed by atoms with E-state index in [1.54, 1.807) is 0 Å². The van der Waals surface area contributed by atoms with Crippen molar-refractivity contribution in [2.75, 3.05) is 20.1 Å². The van der Waals surface area contributed by atoms with Gasteiger partial charge >= 0.3 is 0 Å². The van der Waals surface area contributed by atoms with Crippen LogP contribution in [-0.4, -0.2) is 20.1 Å². The second-order valence-electron chi connectivity index (χ2n) is 2.77. The minimum atomic E-state index is 0.653. The minimum absolute atomic E-state index is 0.653. The van der Waals surface area contributed by atoms with E-state index in [9.17, 15) is 0 Å². The van der Waals surface area contributed by atoms with Gasteiger partial charge in [-0.05, 0) is 18.9 Å². The van der Waals surface area contributed by atoms with Gasteiger partial charge in [-0.3, -0.25) is 0 Å². The third-order valence-corrected chi connectivity index (χ3v) is 1.96. The summed E-state index contributed by atoms with van der Waals surface area (Å²) in [4.78, 5) is 0. The van der Waals surface area contributed by atoms with Gasteiger partial charge in [-0.1, -0.05) is 13.8 Å². The maximum atomic E-state index is 4.50. The average Bonchev–Trinajstić information content (AvgIpc) is 1.88. The normalized spacial score (nSPS) is 21.3. The molecule has 1 fully saturated rings. The zero-order valence-electron chi connectivity index (χ0n) is 6.70. The van der Waals surface area contributed by atoms with Gasteiger partial charge in [0, 0.05) is 13.1 Å². The summed E-state index contributed by atoms with van der Waals surface area (Å²) in [6.45, 7) is 7.03. The highest BCUT2D eigenvalue weighted by Gasteiger charge is 2.28. The van der Waals surface area contributed by atoms with Gasteiger partial charge in [0.05, 0.1) is 0 Å². The first kappa shape index (κ1) is 8.92. The highest BCUT2D eigenvalue weighted by molar-refractivity contribution is 4.86. The van der Waals surface area contributed by atoms with E-state index in [1.165, 1.54) is 26.6 Å². The fraction of sp³-hybridized carbons (Fsp3) is 1.00. The van der Waals surface area contributed by atoms with Gasteiger partial charge in [-0.25, -0.2) is 0 Å². The molecule has 0 unspecified atom stereocenters. The molecule has 0 aromatic rings. The third kappa shape index (κ3) is 2.33. The van der Waals surface area contributed by atoms with Crippen LogP contribution >= 0.6 is 0 Å². The van der Waals surface area contributed by atoms with E-state index in [0.717, 1.165) is 0 Å². The van der Waals surface area contributed by atoms with Gasteiger partial charge in [0.2, 0.25) is 0 Å². The summed E-state index contributed by atoms with van der Waals surface area (Å²) in [5.74, 6) is 0. The molecular formula is C7H18N2. The molecule has 1 saturated heterocycles. The van der Waals surface area contributed by atoms with E-state index in [0.29, 0.717) is 5.41 Å². The first-order valence-electron chi connectivity index (χ1n) is 3.55. The number of hydrogen-bond acceptors (Lipinski definition) is 2. The van der Waals surface area contributed by atoms with Crippen molar-refractivity contribution in [3.63, 3.8) is 0 Å². The minimum Gasteiger partial charge on any atom is -0.333 e. The van der Waals surface area contributed by atoms with Crippen LogP contribution in [0.2, 0.25) is 0 Å². The van der Waals surface area contributed by atoms with Gasteiger partial charge in [-0.15, -0.1) is 0 Å². The maximum Gasteiger partial charge on any atom is 0.00175 e. The molecule has 0 spiro atoms. The van der Waals surface area contributed by atoms with Crippen LogP contribution in [-0.2, 0) is 0 Å². The molecule has 1 aliphatic heterocycles. The SMILES string of the molecule is CCC1(C)CNC1.CN. The van der Waals surface area contributed by atoms with Crippen LogP contribution in [0.1, 0.15) is 20.3 Å². The van der Waals surface area contributed by atoms with Crippen LogP contribution in [0, 0.1) is 5.41 Å². The summed E-state index contributed by atoms with van der Waals surface area (Å²) >= 11 is 0. The van der Waals surface area contributed by atoms with E-state index in [-0.39, 0.29) is 0 Å². The van der Waals surface area contributed by atoms with Gasteiger partial charge < -0.3 is 11.1 Å². The largest absolute Gasteiger partial charge is 0.333 e. The summed E-state index contributed by atoms with van der Waals surface area (Å²) in [6.07, 6.45) is 1.32. The van der Waals surface area contributed by atoms with Gasteiger partial charge in [0.25, 0.3) is 0 Å². The molecule has 0 saturated carbocycles. The summed E-state index contributed by atoms with van der Waals surface area (Å²) in [5.41, 5.74) is 5.15. The Balaban J connectivity index is 0.000000291. The first-order chi connectivity index (χ1) is 4.27. The van der Waals surface area contributed by atoms with Crippen LogP contribution in [0.25, 0.3) is 0 Å². The third-order valence-electron chi connectivity index (χ3n) is 1.96. The Kier molecular flexibility index (Phi) is 3.82. The van der Waals surface area contributed by atoms with Gasteiger partial charge in [0.15, 0.2) is 0 Å². The lowest BCUT2D eigenvalue weighted by Gasteiger charge is -2.38. The highest BCUT2D eigenvalue weighted by Crippen LogP contribution is 2.24. The standard InChI is InChI=1S/C6H13N.CH5N/c1-3-6(2)4-7-5-6;1-2/h7H,3-5H2,1-2H3;2H2,1H3. The van der Waals surface area contributed by atoms with Crippen LogP contribution in [0.4, 0.5) is 0 Å². The molecule has 1 rings (SSSR count). The van der Waals surface area contributed by atoms with Crippen molar-refractivity contribution in [1.29, 1.82) is 0 Å². The smallest absolute Gasteiger partial charge is 0.00175 e. The lowest BCUT2D eigenvalue weighted by molar-refractivity contribution is 0.189. The van der Waals surface area contributed by atoms with E-state index in [1.807, 2.05) is 0 Å². The number of nitrogens with two attached hydrogens (primary N) is 1. The maximum absolute atomic E-state index is 4.50. The van der Waals surface area contributed by atoms with Crippen LogP contribution in [0.15, 0.2) is 0 Å². The lowest BCUT2D eigenvalue weighted by atomic mass is 9.82. The first-order valence-corrected chi connectivity index (χ1v) is 3.55. The van der Waals surface area contributed by atoms with Crippen molar-refractivity contribution < 1.29 is 0 Å². The zero-order chi connectivity index (χ0) is 7.33. The molecule has 0 amide bonds. The Hall–Kier alpha value is -0.0800. The second kappa shape index (κ2) is 3.85. The fourth-order valence-corrected chi connectivity index (χ4v) is 0.802. The molecule has 1 aliphatic rings. The Morgan fingerprint density at radius 3 is 1.89 bits per heavy atom. The second-order valence-corrected chi connectivity index (χ2v) is 2.77. The summed E-state index contributed by atoms with van der Waals surface area (Å²) in [6, 6.07) is 0. The summed E-state index contributed by atoms with van der Waals surface area (Å²) < 4.78 is 0. The predicted molar refractivity (Wildman–Crippen MR) is 41.4 cm³/mol. The average molecular weight is 130 g/mol. The summed E-state index contributed by atoms with van der Waals surface area (Å²) in [5, 5.41) is 3.25. The molecule has 56 valence electrons. The molecule has 0 aromatic heterocycles. The zero-order valence-corrected chi connectivity index (χ0v) is 6.70. The molecule has 9 heavy (non-hydrogen) atoms. The van der Waals surface area contributed by atoms with Crippen LogP contribution in [0.5, 0.6) is 0 Å². The van der Waals surface area contributed by atoms with E-state index in [2.05, 4.69) is 24.9 Å². The molecule has 0 atom stereocenters. The van der Waals surface area contributed by atoms with E-state index < -0.39 is 0 Å². The molecule has 0 aliphatic carbocycles.